The van der Waals surface area contributed by atoms with E-state index in [0.29, 0.717) is 18.2 Å². The van der Waals surface area contributed by atoms with Gasteiger partial charge >= 0.3 is 0 Å². The van der Waals surface area contributed by atoms with Crippen molar-refractivity contribution in [2.24, 2.45) is 0 Å². The number of amides is 1. The first-order valence-corrected chi connectivity index (χ1v) is 8.45. The number of halogens is 1. The topological polar surface area (TPSA) is 29.5 Å². The predicted molar refractivity (Wildman–Crippen MR) is 90.6 cm³/mol. The molecule has 0 fully saturated rings. The van der Waals surface area contributed by atoms with E-state index in [4.69, 9.17) is 16.3 Å². The smallest absolute Gasteiger partial charge is 0.253 e. The monoisotopic (exact) mass is 333 g/mol. The van der Waals surface area contributed by atoms with E-state index in [1.54, 1.807) is 16.7 Å². The minimum absolute atomic E-state index is 0.0280. The lowest BCUT2D eigenvalue weighted by molar-refractivity contribution is -0.123. The SMILES string of the molecule is O=C(COCc1ccccc1)N1CCSc2ccc(Cl)cc21. The molecular formula is C17H16ClNO2S. The normalized spacial score (nSPS) is 13.8. The van der Waals surface area contributed by atoms with Crippen LogP contribution in [0.1, 0.15) is 5.56 Å². The molecule has 0 saturated carbocycles. The molecule has 2 aromatic rings. The summed E-state index contributed by atoms with van der Waals surface area (Å²) in [4.78, 5) is 15.3. The Morgan fingerprint density at radius 2 is 2.05 bits per heavy atom. The second-order valence-electron chi connectivity index (χ2n) is 4.98. The molecule has 3 nitrogen and oxygen atoms in total. The molecule has 0 N–H and O–H groups in total. The number of benzene rings is 2. The fourth-order valence-corrected chi connectivity index (χ4v) is 3.50. The number of hydrogen-bond acceptors (Lipinski definition) is 3. The van der Waals surface area contributed by atoms with E-state index in [-0.39, 0.29) is 12.5 Å². The Hall–Kier alpha value is -1.49. The van der Waals surface area contributed by atoms with Gasteiger partial charge in [0.05, 0.1) is 12.3 Å². The predicted octanol–water partition coefficient (Wildman–Crippen LogP) is 4.00. The van der Waals surface area contributed by atoms with E-state index in [1.807, 2.05) is 48.5 Å². The molecule has 3 rings (SSSR count). The van der Waals surface area contributed by atoms with Crippen molar-refractivity contribution in [3.8, 4) is 0 Å². The maximum Gasteiger partial charge on any atom is 0.253 e. The van der Waals surface area contributed by atoms with Gasteiger partial charge in [0.1, 0.15) is 6.61 Å². The third kappa shape index (κ3) is 3.64. The summed E-state index contributed by atoms with van der Waals surface area (Å²) >= 11 is 7.80. The van der Waals surface area contributed by atoms with Crippen LogP contribution in [-0.2, 0) is 16.1 Å². The van der Waals surface area contributed by atoms with Gasteiger partial charge in [-0.2, -0.15) is 0 Å². The molecule has 0 spiro atoms. The van der Waals surface area contributed by atoms with Gasteiger partial charge in [0.15, 0.2) is 0 Å². The lowest BCUT2D eigenvalue weighted by atomic mass is 10.2. The van der Waals surface area contributed by atoms with E-state index in [2.05, 4.69) is 0 Å². The molecule has 0 bridgehead atoms. The minimum Gasteiger partial charge on any atom is -0.367 e. The average Bonchev–Trinajstić information content (AvgIpc) is 2.55. The van der Waals surface area contributed by atoms with Crippen LogP contribution in [0.2, 0.25) is 5.02 Å². The Balaban J connectivity index is 1.63. The summed E-state index contributed by atoms with van der Waals surface area (Å²) in [6, 6.07) is 15.5. The lowest BCUT2D eigenvalue weighted by Gasteiger charge is -2.29. The van der Waals surface area contributed by atoms with Gasteiger partial charge in [0.25, 0.3) is 5.91 Å². The third-order valence-electron chi connectivity index (χ3n) is 3.42. The van der Waals surface area contributed by atoms with Crippen molar-refractivity contribution in [3.63, 3.8) is 0 Å². The van der Waals surface area contributed by atoms with E-state index in [0.717, 1.165) is 21.9 Å². The lowest BCUT2D eigenvalue weighted by Crippen LogP contribution is -2.37. The van der Waals surface area contributed by atoms with E-state index >= 15 is 0 Å². The number of thioether (sulfide) groups is 1. The highest BCUT2D eigenvalue weighted by Gasteiger charge is 2.23. The van der Waals surface area contributed by atoms with Crippen LogP contribution in [0.25, 0.3) is 0 Å². The highest BCUT2D eigenvalue weighted by atomic mass is 35.5. The minimum atomic E-state index is -0.0280. The quantitative estimate of drug-likeness (QED) is 0.847. The van der Waals surface area contributed by atoms with Crippen molar-refractivity contribution in [1.82, 2.24) is 0 Å². The Kier molecular flexibility index (Phi) is 5.03. The van der Waals surface area contributed by atoms with E-state index in [1.165, 1.54) is 0 Å². The number of hydrogen-bond donors (Lipinski definition) is 0. The third-order valence-corrected chi connectivity index (χ3v) is 4.70. The number of carbonyl (C=O) groups excluding carboxylic acids is 1. The van der Waals surface area contributed by atoms with Gasteiger partial charge < -0.3 is 9.64 Å². The Morgan fingerprint density at radius 3 is 2.86 bits per heavy atom. The largest absolute Gasteiger partial charge is 0.367 e. The van der Waals surface area contributed by atoms with Crippen LogP contribution in [-0.4, -0.2) is 24.8 Å². The summed E-state index contributed by atoms with van der Waals surface area (Å²) in [6.07, 6.45) is 0. The summed E-state index contributed by atoms with van der Waals surface area (Å²) in [5.41, 5.74) is 1.95. The number of fused-ring (bicyclic) bond motifs is 1. The van der Waals surface area contributed by atoms with E-state index < -0.39 is 0 Å². The number of anilines is 1. The van der Waals surface area contributed by atoms with Crippen LogP contribution in [0.15, 0.2) is 53.4 Å². The maximum atomic E-state index is 12.4. The summed E-state index contributed by atoms with van der Waals surface area (Å²) in [5.74, 6) is 0.860. The van der Waals surface area contributed by atoms with Gasteiger partial charge in [-0.05, 0) is 23.8 Å². The molecule has 22 heavy (non-hydrogen) atoms. The number of rotatable bonds is 4. The van der Waals surface area contributed by atoms with Crippen LogP contribution in [0.4, 0.5) is 5.69 Å². The molecule has 0 radical (unpaired) electrons. The molecular weight excluding hydrogens is 318 g/mol. The molecule has 0 aromatic heterocycles. The molecule has 0 saturated heterocycles. The molecule has 1 aliphatic heterocycles. The van der Waals surface area contributed by atoms with Crippen molar-refractivity contribution < 1.29 is 9.53 Å². The van der Waals surface area contributed by atoms with Crippen molar-refractivity contribution >= 4 is 35.0 Å². The summed E-state index contributed by atoms with van der Waals surface area (Å²) in [5, 5.41) is 0.643. The zero-order chi connectivity index (χ0) is 15.4. The number of ether oxygens (including phenoxy) is 1. The highest BCUT2D eigenvalue weighted by Crippen LogP contribution is 2.36. The van der Waals surface area contributed by atoms with Gasteiger partial charge in [-0.1, -0.05) is 41.9 Å². The molecule has 1 heterocycles. The molecule has 2 aromatic carbocycles. The second-order valence-corrected chi connectivity index (χ2v) is 6.56. The molecule has 0 atom stereocenters. The average molecular weight is 334 g/mol. The van der Waals surface area contributed by atoms with Crippen LogP contribution in [0, 0.1) is 0 Å². The van der Waals surface area contributed by atoms with Crippen molar-refractivity contribution in [2.75, 3.05) is 23.8 Å². The molecule has 5 heteroatoms. The molecule has 114 valence electrons. The molecule has 0 aliphatic carbocycles. The first kappa shape index (κ1) is 15.4. The standard InChI is InChI=1S/C17H16ClNO2S/c18-14-6-7-16-15(10-14)19(8-9-22-16)17(20)12-21-11-13-4-2-1-3-5-13/h1-7,10H,8-9,11-12H2. The van der Waals surface area contributed by atoms with Crippen molar-refractivity contribution in [1.29, 1.82) is 0 Å². The Morgan fingerprint density at radius 1 is 1.23 bits per heavy atom. The first-order chi connectivity index (χ1) is 10.7. The van der Waals surface area contributed by atoms with Gasteiger partial charge in [0, 0.05) is 22.2 Å². The van der Waals surface area contributed by atoms with Crippen LogP contribution in [0.3, 0.4) is 0 Å². The Labute approximate surface area is 139 Å². The number of carbonyl (C=O) groups is 1. The molecule has 0 unspecified atom stereocenters. The summed E-state index contributed by atoms with van der Waals surface area (Å²) in [6.45, 7) is 1.20. The Bertz CT molecular complexity index is 663. The van der Waals surface area contributed by atoms with Crippen LogP contribution >= 0.6 is 23.4 Å². The van der Waals surface area contributed by atoms with Gasteiger partial charge in [-0.15, -0.1) is 11.8 Å². The molecule has 1 aliphatic rings. The van der Waals surface area contributed by atoms with Gasteiger partial charge in [0.2, 0.25) is 0 Å². The van der Waals surface area contributed by atoms with Crippen LogP contribution < -0.4 is 4.90 Å². The van der Waals surface area contributed by atoms with E-state index in [9.17, 15) is 4.79 Å². The van der Waals surface area contributed by atoms with Crippen molar-refractivity contribution in [3.05, 3.63) is 59.1 Å². The van der Waals surface area contributed by atoms with Gasteiger partial charge in [-0.3, -0.25) is 4.79 Å². The summed E-state index contributed by atoms with van der Waals surface area (Å²) < 4.78 is 5.55. The fraction of sp³-hybridized carbons (Fsp3) is 0.235. The van der Waals surface area contributed by atoms with Gasteiger partial charge in [-0.25, -0.2) is 0 Å². The maximum absolute atomic E-state index is 12.4. The first-order valence-electron chi connectivity index (χ1n) is 7.08. The molecule has 1 amide bonds. The fourth-order valence-electron chi connectivity index (χ4n) is 2.36. The zero-order valence-corrected chi connectivity index (χ0v) is 13.6. The second kappa shape index (κ2) is 7.18. The van der Waals surface area contributed by atoms with Crippen molar-refractivity contribution in [2.45, 2.75) is 11.5 Å². The van der Waals surface area contributed by atoms with Crippen LogP contribution in [0.5, 0.6) is 0 Å². The summed E-state index contributed by atoms with van der Waals surface area (Å²) in [7, 11) is 0. The zero-order valence-electron chi connectivity index (χ0n) is 12.0. The number of nitrogens with zero attached hydrogens (tertiary/aromatic N) is 1. The highest BCUT2D eigenvalue weighted by molar-refractivity contribution is 7.99.